The molecule has 1 atom stereocenters. The highest BCUT2D eigenvalue weighted by Crippen LogP contribution is 2.31. The molecular weight excluding hydrogens is 466 g/mol. The smallest absolute Gasteiger partial charge is 0.412 e. The molecule has 7 nitrogen and oxygen atoms in total. The lowest BCUT2D eigenvalue weighted by Crippen LogP contribution is -2.17. The van der Waals surface area contributed by atoms with Crippen LogP contribution in [-0.4, -0.2) is 27.4 Å². The minimum absolute atomic E-state index is 0.00684. The fourth-order valence-electron chi connectivity index (χ4n) is 3.76. The third-order valence-electron chi connectivity index (χ3n) is 5.60. The van der Waals surface area contributed by atoms with Gasteiger partial charge in [0, 0.05) is 16.1 Å². The lowest BCUT2D eigenvalue weighted by atomic mass is 10.0. The summed E-state index contributed by atoms with van der Waals surface area (Å²) in [6, 6.07) is 22.4. The number of amides is 1. The molecule has 1 amide bonds. The maximum atomic E-state index is 12.6. The second-order valence-corrected chi connectivity index (χ2v) is 8.52. The van der Waals surface area contributed by atoms with Crippen molar-refractivity contribution in [3.63, 3.8) is 0 Å². The molecule has 1 unspecified atom stereocenters. The second-order valence-electron chi connectivity index (χ2n) is 8.11. The zero-order valence-electron chi connectivity index (χ0n) is 19.2. The topological polar surface area (TPSA) is 104 Å². The third-order valence-corrected chi connectivity index (χ3v) is 5.95. The van der Waals surface area contributed by atoms with Crippen molar-refractivity contribution in [2.45, 2.75) is 26.4 Å². The number of anilines is 1. The van der Waals surface area contributed by atoms with Gasteiger partial charge in [0.2, 0.25) is 0 Å². The summed E-state index contributed by atoms with van der Waals surface area (Å²) in [6.07, 6.45) is -1.14. The highest BCUT2D eigenvalue weighted by atomic mass is 35.5. The zero-order chi connectivity index (χ0) is 24.9. The van der Waals surface area contributed by atoms with Crippen LogP contribution in [0, 0.1) is 6.92 Å². The number of aromatic nitrogens is 2. The van der Waals surface area contributed by atoms with Crippen molar-refractivity contribution >= 4 is 29.4 Å². The molecule has 3 N–H and O–H groups in total. The number of ether oxygens (including phenoxy) is 1. The van der Waals surface area contributed by atoms with Crippen molar-refractivity contribution in [3.8, 4) is 22.4 Å². The molecule has 0 saturated heterocycles. The Bertz CT molecular complexity index is 1350. The lowest BCUT2D eigenvalue weighted by molar-refractivity contribution is -0.136. The van der Waals surface area contributed by atoms with Crippen LogP contribution in [0.5, 0.6) is 0 Å². The van der Waals surface area contributed by atoms with Crippen molar-refractivity contribution in [2.24, 2.45) is 0 Å². The molecule has 0 aliphatic rings. The number of nitrogens with zero attached hydrogens (tertiary/aromatic N) is 1. The maximum absolute atomic E-state index is 12.6. The highest BCUT2D eigenvalue weighted by Gasteiger charge is 2.19. The molecule has 1 aromatic heterocycles. The number of nitrogens with one attached hydrogen (secondary N) is 2. The number of aryl methyl sites for hydroxylation is 1. The molecule has 0 saturated carbocycles. The van der Waals surface area contributed by atoms with Gasteiger partial charge in [-0.25, -0.2) is 4.79 Å². The number of hydrogen-bond donors (Lipinski definition) is 3. The van der Waals surface area contributed by atoms with Crippen LogP contribution in [0.4, 0.5) is 10.5 Å². The number of aromatic amines is 1. The summed E-state index contributed by atoms with van der Waals surface area (Å²) in [7, 11) is 0. The molecule has 178 valence electrons. The predicted molar refractivity (Wildman–Crippen MR) is 136 cm³/mol. The molecule has 35 heavy (non-hydrogen) atoms. The zero-order valence-corrected chi connectivity index (χ0v) is 20.0. The average molecular weight is 490 g/mol. The summed E-state index contributed by atoms with van der Waals surface area (Å²) in [6.45, 7) is 3.58. The molecule has 0 spiro atoms. The van der Waals surface area contributed by atoms with Crippen molar-refractivity contribution in [1.82, 2.24) is 10.2 Å². The van der Waals surface area contributed by atoms with Gasteiger partial charge in [-0.2, -0.15) is 5.10 Å². The van der Waals surface area contributed by atoms with E-state index in [1.807, 2.05) is 73.7 Å². The summed E-state index contributed by atoms with van der Waals surface area (Å²) >= 11 is 6.21. The number of carboxylic acids is 1. The number of carbonyl (C=O) groups is 2. The minimum Gasteiger partial charge on any atom is -0.481 e. The Hall–Kier alpha value is -4.10. The molecule has 0 aliphatic heterocycles. The first-order valence-electron chi connectivity index (χ1n) is 11.0. The van der Waals surface area contributed by atoms with E-state index in [2.05, 4.69) is 15.5 Å². The predicted octanol–water partition coefficient (Wildman–Crippen LogP) is 6.64. The average Bonchev–Trinajstić information content (AvgIpc) is 3.19. The lowest BCUT2D eigenvalue weighted by Gasteiger charge is -2.15. The van der Waals surface area contributed by atoms with Crippen LogP contribution in [0.2, 0.25) is 5.02 Å². The standard InChI is InChI=1S/C27H24ClN3O4/c1-16-25(29-27(34)35-17(2)22-5-3-4-6-23(22)28)26(31-30-16)21-13-11-20(12-14-21)19-9-7-18(8-10-19)15-24(32)33/h3-14,17H,15H2,1-2H3,(H,29,34)(H,30,31)(H,32,33). The maximum Gasteiger partial charge on any atom is 0.412 e. The van der Waals surface area contributed by atoms with Crippen LogP contribution in [0.3, 0.4) is 0 Å². The first-order chi connectivity index (χ1) is 16.8. The summed E-state index contributed by atoms with van der Waals surface area (Å²) in [5.41, 5.74) is 6.05. The minimum atomic E-state index is -0.858. The van der Waals surface area contributed by atoms with Gasteiger partial charge in [0.15, 0.2) is 0 Å². The van der Waals surface area contributed by atoms with Gasteiger partial charge in [0.1, 0.15) is 11.8 Å². The van der Waals surface area contributed by atoms with Gasteiger partial charge in [-0.15, -0.1) is 0 Å². The monoisotopic (exact) mass is 489 g/mol. The number of benzene rings is 3. The normalized spacial score (nSPS) is 11.6. The number of halogens is 1. The summed E-state index contributed by atoms with van der Waals surface area (Å²) < 4.78 is 5.53. The van der Waals surface area contributed by atoms with Gasteiger partial charge in [0.25, 0.3) is 0 Å². The molecule has 4 rings (SSSR count). The number of H-pyrrole nitrogens is 1. The van der Waals surface area contributed by atoms with E-state index in [1.54, 1.807) is 13.0 Å². The largest absolute Gasteiger partial charge is 0.481 e. The Labute approximate surface area is 207 Å². The number of hydrogen-bond acceptors (Lipinski definition) is 4. The number of carbonyl (C=O) groups excluding carboxylic acids is 1. The Morgan fingerprint density at radius 3 is 2.23 bits per heavy atom. The van der Waals surface area contributed by atoms with Gasteiger partial charge >= 0.3 is 12.1 Å². The van der Waals surface area contributed by atoms with E-state index in [-0.39, 0.29) is 6.42 Å². The summed E-state index contributed by atoms with van der Waals surface area (Å²) in [5, 5.41) is 19.5. The summed E-state index contributed by atoms with van der Waals surface area (Å²) in [4.78, 5) is 23.5. The second kappa shape index (κ2) is 10.4. The van der Waals surface area contributed by atoms with Gasteiger partial charge in [-0.3, -0.25) is 15.2 Å². The Kier molecular flexibility index (Phi) is 7.17. The van der Waals surface area contributed by atoms with Crippen molar-refractivity contribution in [3.05, 3.63) is 94.6 Å². The van der Waals surface area contributed by atoms with Crippen LogP contribution < -0.4 is 5.32 Å². The van der Waals surface area contributed by atoms with Crippen molar-refractivity contribution < 1.29 is 19.4 Å². The van der Waals surface area contributed by atoms with E-state index in [0.717, 1.165) is 27.8 Å². The van der Waals surface area contributed by atoms with E-state index in [1.165, 1.54) is 0 Å². The Morgan fingerprint density at radius 2 is 1.60 bits per heavy atom. The van der Waals surface area contributed by atoms with E-state index < -0.39 is 18.2 Å². The molecule has 8 heteroatoms. The molecule has 1 heterocycles. The molecule has 0 bridgehead atoms. The van der Waals surface area contributed by atoms with Crippen molar-refractivity contribution in [2.75, 3.05) is 5.32 Å². The van der Waals surface area contributed by atoms with E-state index >= 15 is 0 Å². The number of aliphatic carboxylic acids is 1. The highest BCUT2D eigenvalue weighted by molar-refractivity contribution is 6.31. The fraction of sp³-hybridized carbons (Fsp3) is 0.148. The fourth-order valence-corrected chi connectivity index (χ4v) is 4.05. The summed E-state index contributed by atoms with van der Waals surface area (Å²) in [5.74, 6) is -0.858. The van der Waals surface area contributed by atoms with E-state index in [4.69, 9.17) is 21.4 Å². The van der Waals surface area contributed by atoms with Gasteiger partial charge in [-0.05, 0) is 36.6 Å². The Balaban J connectivity index is 1.48. The van der Waals surface area contributed by atoms with Crippen molar-refractivity contribution in [1.29, 1.82) is 0 Å². The van der Waals surface area contributed by atoms with E-state index in [0.29, 0.717) is 22.1 Å². The molecular formula is C27H24ClN3O4. The quantitative estimate of drug-likeness (QED) is 0.270. The van der Waals surface area contributed by atoms with Crippen LogP contribution in [0.1, 0.15) is 29.8 Å². The SMILES string of the molecule is Cc1[nH]nc(-c2ccc(-c3ccc(CC(=O)O)cc3)cc2)c1NC(=O)OC(C)c1ccccc1Cl. The Morgan fingerprint density at radius 1 is 1.00 bits per heavy atom. The van der Waals surface area contributed by atoms with Crippen LogP contribution in [0.15, 0.2) is 72.8 Å². The van der Waals surface area contributed by atoms with Crippen LogP contribution in [0.25, 0.3) is 22.4 Å². The first-order valence-corrected chi connectivity index (χ1v) is 11.4. The molecule has 0 fully saturated rings. The van der Waals surface area contributed by atoms with Crippen LogP contribution in [-0.2, 0) is 16.0 Å². The number of carboxylic acid groups (broad SMARTS) is 1. The van der Waals surface area contributed by atoms with Crippen LogP contribution >= 0.6 is 11.6 Å². The third kappa shape index (κ3) is 5.70. The first kappa shape index (κ1) is 24.0. The molecule has 4 aromatic rings. The number of rotatable bonds is 7. The van der Waals surface area contributed by atoms with Gasteiger partial charge in [-0.1, -0.05) is 78.3 Å². The van der Waals surface area contributed by atoms with Gasteiger partial charge < -0.3 is 9.84 Å². The van der Waals surface area contributed by atoms with E-state index in [9.17, 15) is 9.59 Å². The molecule has 3 aromatic carbocycles. The molecule has 0 radical (unpaired) electrons. The van der Waals surface area contributed by atoms with Gasteiger partial charge in [0.05, 0.1) is 17.8 Å². The molecule has 0 aliphatic carbocycles.